The van der Waals surface area contributed by atoms with Crippen molar-refractivity contribution in [3.63, 3.8) is 0 Å². The van der Waals surface area contributed by atoms with Crippen molar-refractivity contribution in [2.45, 2.75) is 64.7 Å². The van der Waals surface area contributed by atoms with Crippen molar-refractivity contribution in [3.05, 3.63) is 23.8 Å². The Balaban J connectivity index is 2.56. The maximum atomic E-state index is 9.54. The van der Waals surface area contributed by atoms with Crippen LogP contribution in [0.2, 0.25) is 0 Å². The molecule has 0 bridgehead atoms. The van der Waals surface area contributed by atoms with Gasteiger partial charge in [-0.25, -0.2) is 0 Å². The molecule has 1 aromatic rings. The normalized spacial score (nSPS) is 11.7. The molecule has 0 heterocycles. The molecule has 0 fully saturated rings. The Hall–Kier alpha value is -1.18. The number of hydrogen-bond donors (Lipinski definition) is 2. The molecular weight excluding hydrogens is 224 g/mol. The Labute approximate surface area is 111 Å². The van der Waals surface area contributed by atoms with E-state index < -0.39 is 0 Å². The van der Waals surface area contributed by atoms with Crippen LogP contribution in [0.25, 0.3) is 0 Å². The van der Waals surface area contributed by atoms with Crippen molar-refractivity contribution in [1.29, 1.82) is 0 Å². The van der Waals surface area contributed by atoms with E-state index in [0.717, 1.165) is 12.0 Å². The van der Waals surface area contributed by atoms with E-state index in [1.54, 1.807) is 12.1 Å². The zero-order valence-corrected chi connectivity index (χ0v) is 11.9. The Morgan fingerprint density at radius 3 is 2.00 bits per heavy atom. The maximum absolute atomic E-state index is 9.54. The number of aromatic hydroxyl groups is 2. The summed E-state index contributed by atoms with van der Waals surface area (Å²) < 4.78 is 0. The molecule has 0 saturated heterocycles. The first-order valence-electron chi connectivity index (χ1n) is 6.99. The van der Waals surface area contributed by atoms with Crippen LogP contribution < -0.4 is 0 Å². The minimum atomic E-state index is 0.00242. The third kappa shape index (κ3) is 4.59. The van der Waals surface area contributed by atoms with Crippen LogP contribution in [0, 0.1) is 0 Å². The molecule has 0 aliphatic heterocycles. The lowest BCUT2D eigenvalue weighted by atomic mass is 9.80. The molecule has 102 valence electrons. The van der Waals surface area contributed by atoms with Gasteiger partial charge in [0.05, 0.1) is 0 Å². The predicted octanol–water partition coefficient (Wildman–Crippen LogP) is 4.74. The zero-order valence-electron chi connectivity index (χ0n) is 11.9. The van der Waals surface area contributed by atoms with E-state index in [1.807, 2.05) is 0 Å². The van der Waals surface area contributed by atoms with E-state index in [-0.39, 0.29) is 16.9 Å². The van der Waals surface area contributed by atoms with Crippen LogP contribution in [0.1, 0.15) is 64.9 Å². The van der Waals surface area contributed by atoms with Gasteiger partial charge in [0.1, 0.15) is 11.5 Å². The Kier molecular flexibility index (Phi) is 5.52. The second kappa shape index (κ2) is 6.67. The highest BCUT2D eigenvalue weighted by Gasteiger charge is 2.21. The average molecular weight is 250 g/mol. The summed E-state index contributed by atoms with van der Waals surface area (Å²) >= 11 is 0. The minimum absolute atomic E-state index is 0.00242. The number of rotatable bonds is 7. The summed E-state index contributed by atoms with van der Waals surface area (Å²) in [5.41, 5.74) is 1.01. The fraction of sp³-hybridized carbons (Fsp3) is 0.625. The van der Waals surface area contributed by atoms with Gasteiger partial charge in [-0.05, 0) is 29.5 Å². The second-order valence-electron chi connectivity index (χ2n) is 5.79. The van der Waals surface area contributed by atoms with Crippen LogP contribution in [-0.2, 0) is 5.41 Å². The van der Waals surface area contributed by atoms with E-state index in [1.165, 1.54) is 38.2 Å². The highest BCUT2D eigenvalue weighted by Crippen LogP contribution is 2.33. The van der Waals surface area contributed by atoms with Gasteiger partial charge in [-0.3, -0.25) is 0 Å². The molecule has 2 nitrogen and oxygen atoms in total. The molecule has 1 aromatic carbocycles. The standard InChI is InChI=1S/C16H26O2/c1-4-5-6-7-8-9-16(2,3)13-10-14(17)12-15(18)11-13/h10-12,17-18H,4-9H2,1-3H3. The van der Waals surface area contributed by atoms with Gasteiger partial charge in [-0.1, -0.05) is 52.9 Å². The topological polar surface area (TPSA) is 40.5 Å². The largest absolute Gasteiger partial charge is 0.508 e. The number of benzene rings is 1. The fourth-order valence-corrected chi connectivity index (χ4v) is 2.30. The monoisotopic (exact) mass is 250 g/mol. The quantitative estimate of drug-likeness (QED) is 0.686. The summed E-state index contributed by atoms with van der Waals surface area (Å²) in [4.78, 5) is 0. The summed E-state index contributed by atoms with van der Waals surface area (Å²) in [5, 5.41) is 19.1. The summed E-state index contributed by atoms with van der Waals surface area (Å²) in [7, 11) is 0. The van der Waals surface area contributed by atoms with E-state index in [9.17, 15) is 10.2 Å². The lowest BCUT2D eigenvalue weighted by Crippen LogP contribution is -2.16. The first kappa shape index (κ1) is 14.9. The summed E-state index contributed by atoms with van der Waals surface area (Å²) in [6.07, 6.45) is 7.43. The molecule has 0 aliphatic carbocycles. The van der Waals surface area contributed by atoms with Gasteiger partial charge in [0.25, 0.3) is 0 Å². The smallest absolute Gasteiger partial charge is 0.119 e. The summed E-state index contributed by atoms with van der Waals surface area (Å²) in [6, 6.07) is 4.89. The molecular formula is C16H26O2. The summed E-state index contributed by atoms with van der Waals surface area (Å²) in [6.45, 7) is 6.56. The first-order chi connectivity index (χ1) is 8.45. The molecule has 2 heteroatoms. The molecule has 0 spiro atoms. The van der Waals surface area contributed by atoms with Crippen LogP contribution in [0.3, 0.4) is 0 Å². The van der Waals surface area contributed by atoms with Crippen molar-refractivity contribution in [1.82, 2.24) is 0 Å². The van der Waals surface area contributed by atoms with Crippen molar-refractivity contribution in [2.24, 2.45) is 0 Å². The maximum Gasteiger partial charge on any atom is 0.119 e. The Bertz CT molecular complexity index is 349. The van der Waals surface area contributed by atoms with Crippen LogP contribution in [0.5, 0.6) is 11.5 Å². The van der Waals surface area contributed by atoms with Gasteiger partial charge in [0.15, 0.2) is 0 Å². The number of hydrogen-bond acceptors (Lipinski definition) is 2. The predicted molar refractivity (Wildman–Crippen MR) is 76.2 cm³/mol. The van der Waals surface area contributed by atoms with Crippen molar-refractivity contribution in [2.75, 3.05) is 0 Å². The van der Waals surface area contributed by atoms with E-state index in [4.69, 9.17) is 0 Å². The van der Waals surface area contributed by atoms with Gasteiger partial charge in [0, 0.05) is 6.07 Å². The lowest BCUT2D eigenvalue weighted by molar-refractivity contribution is 0.422. The molecule has 1 rings (SSSR count). The molecule has 0 aliphatic rings. The zero-order chi connectivity index (χ0) is 13.6. The Morgan fingerprint density at radius 2 is 1.44 bits per heavy atom. The minimum Gasteiger partial charge on any atom is -0.508 e. The highest BCUT2D eigenvalue weighted by atomic mass is 16.3. The van der Waals surface area contributed by atoms with Crippen LogP contribution in [0.15, 0.2) is 18.2 Å². The van der Waals surface area contributed by atoms with Gasteiger partial charge >= 0.3 is 0 Å². The number of phenolic OH excluding ortho intramolecular Hbond substituents is 2. The van der Waals surface area contributed by atoms with Gasteiger partial charge < -0.3 is 10.2 Å². The molecule has 0 atom stereocenters. The van der Waals surface area contributed by atoms with Crippen molar-refractivity contribution >= 4 is 0 Å². The van der Waals surface area contributed by atoms with Crippen LogP contribution >= 0.6 is 0 Å². The molecule has 0 amide bonds. The fourth-order valence-electron chi connectivity index (χ4n) is 2.30. The molecule has 0 radical (unpaired) electrons. The van der Waals surface area contributed by atoms with E-state index in [0.29, 0.717) is 0 Å². The number of unbranched alkanes of at least 4 members (excludes halogenated alkanes) is 4. The van der Waals surface area contributed by atoms with Gasteiger partial charge in [0.2, 0.25) is 0 Å². The third-order valence-electron chi connectivity index (χ3n) is 3.59. The summed E-state index contributed by atoms with van der Waals surface area (Å²) in [5.74, 6) is 0.285. The van der Waals surface area contributed by atoms with Gasteiger partial charge in [-0.15, -0.1) is 0 Å². The number of phenols is 2. The SMILES string of the molecule is CCCCCCCC(C)(C)c1cc(O)cc(O)c1. The van der Waals surface area contributed by atoms with Crippen molar-refractivity contribution in [3.8, 4) is 11.5 Å². The van der Waals surface area contributed by atoms with Crippen LogP contribution in [0.4, 0.5) is 0 Å². The highest BCUT2D eigenvalue weighted by molar-refractivity contribution is 5.39. The molecule has 2 N–H and O–H groups in total. The molecule has 0 aromatic heterocycles. The molecule has 0 unspecified atom stereocenters. The first-order valence-corrected chi connectivity index (χ1v) is 6.99. The van der Waals surface area contributed by atoms with Gasteiger partial charge in [-0.2, -0.15) is 0 Å². The molecule has 0 saturated carbocycles. The Morgan fingerprint density at radius 1 is 0.889 bits per heavy atom. The van der Waals surface area contributed by atoms with Crippen LogP contribution in [-0.4, -0.2) is 10.2 Å². The lowest BCUT2D eigenvalue weighted by Gasteiger charge is -2.25. The van der Waals surface area contributed by atoms with E-state index in [2.05, 4.69) is 20.8 Å². The van der Waals surface area contributed by atoms with Crippen molar-refractivity contribution < 1.29 is 10.2 Å². The average Bonchev–Trinajstić information content (AvgIpc) is 2.27. The third-order valence-corrected chi connectivity index (χ3v) is 3.59. The molecule has 18 heavy (non-hydrogen) atoms. The van der Waals surface area contributed by atoms with E-state index >= 15 is 0 Å². The second-order valence-corrected chi connectivity index (χ2v) is 5.79.